The van der Waals surface area contributed by atoms with E-state index < -0.39 is 0 Å². The summed E-state index contributed by atoms with van der Waals surface area (Å²) < 4.78 is 15.6. The van der Waals surface area contributed by atoms with E-state index in [4.69, 9.17) is 9.47 Å². The van der Waals surface area contributed by atoms with E-state index in [1.165, 1.54) is 0 Å². The summed E-state index contributed by atoms with van der Waals surface area (Å²) in [5.74, 6) is 1.35. The molecule has 1 N–H and O–H groups in total. The Morgan fingerprint density at radius 1 is 1.15 bits per heavy atom. The second-order valence-corrected chi connectivity index (χ2v) is 8.78. The zero-order valence-corrected chi connectivity index (χ0v) is 21.5. The number of nitrogens with zero attached hydrogens (tertiary/aromatic N) is 6. The Morgan fingerprint density at radius 2 is 1.91 bits per heavy atom. The van der Waals surface area contributed by atoms with Crippen LogP contribution in [0.1, 0.15) is 43.3 Å². The number of aliphatic hydroxyl groups excluding tert-OH is 1. The van der Waals surface area contributed by atoms with Crippen LogP contribution in [-0.2, 0) is 20.1 Å². The third-order valence-corrected chi connectivity index (χ3v) is 5.91. The molecule has 0 bridgehead atoms. The van der Waals surface area contributed by atoms with Crippen LogP contribution in [0.25, 0.3) is 11.3 Å². The number of hydrogen-bond acceptors (Lipinski definition) is 7. The summed E-state index contributed by atoms with van der Waals surface area (Å²) in [6, 6.07) is 4.33. The predicted molar refractivity (Wildman–Crippen MR) is 132 cm³/mol. The lowest BCUT2D eigenvalue weighted by atomic mass is 10.1. The third-order valence-electron chi connectivity index (χ3n) is 5.91. The average molecular weight is 471 g/mol. The van der Waals surface area contributed by atoms with Crippen molar-refractivity contribution >= 4 is 0 Å². The van der Waals surface area contributed by atoms with Crippen LogP contribution in [0.3, 0.4) is 0 Å². The van der Waals surface area contributed by atoms with Crippen LogP contribution in [0.4, 0.5) is 0 Å². The Morgan fingerprint density at radius 3 is 2.56 bits per heavy atom. The molecule has 3 heterocycles. The molecule has 0 aliphatic carbocycles. The van der Waals surface area contributed by atoms with Gasteiger partial charge in [0.15, 0.2) is 0 Å². The van der Waals surface area contributed by atoms with Crippen molar-refractivity contribution in [3.63, 3.8) is 0 Å². The first kappa shape index (κ1) is 25.7. The number of rotatable bonds is 12. The van der Waals surface area contributed by atoms with Crippen LogP contribution in [0.5, 0.6) is 11.8 Å². The highest BCUT2D eigenvalue weighted by molar-refractivity contribution is 5.68. The number of aromatic nitrogens is 5. The lowest BCUT2D eigenvalue weighted by Crippen LogP contribution is -2.35. The summed E-state index contributed by atoms with van der Waals surface area (Å²) in [6.45, 7) is 15.3. The van der Waals surface area contributed by atoms with Crippen LogP contribution < -0.4 is 9.47 Å². The van der Waals surface area contributed by atoms with Crippen molar-refractivity contribution < 1.29 is 14.6 Å². The summed E-state index contributed by atoms with van der Waals surface area (Å²) in [5, 5.41) is 18.6. The van der Waals surface area contributed by atoms with Gasteiger partial charge in [-0.2, -0.15) is 5.10 Å². The normalized spacial score (nSPS) is 11.6. The topological polar surface area (TPSA) is 90.5 Å². The summed E-state index contributed by atoms with van der Waals surface area (Å²) in [6.07, 6.45) is 1.82. The van der Waals surface area contributed by atoms with Gasteiger partial charge in [0.05, 0.1) is 42.4 Å². The van der Waals surface area contributed by atoms with Gasteiger partial charge in [0.2, 0.25) is 11.8 Å². The summed E-state index contributed by atoms with van der Waals surface area (Å²) in [4.78, 5) is 6.88. The van der Waals surface area contributed by atoms with Crippen LogP contribution in [0.2, 0.25) is 0 Å². The van der Waals surface area contributed by atoms with Crippen molar-refractivity contribution in [2.75, 3.05) is 26.4 Å². The first-order chi connectivity index (χ1) is 16.3. The van der Waals surface area contributed by atoms with Crippen LogP contribution in [0.15, 0.2) is 18.3 Å². The molecular formula is C25H38N6O3. The summed E-state index contributed by atoms with van der Waals surface area (Å²) in [5.41, 5.74) is 5.90. The molecule has 0 aliphatic heterocycles. The highest BCUT2D eigenvalue weighted by atomic mass is 16.5. The van der Waals surface area contributed by atoms with E-state index in [0.717, 1.165) is 46.2 Å². The molecule has 9 heteroatoms. The minimum Gasteiger partial charge on any atom is -0.477 e. The van der Waals surface area contributed by atoms with Crippen LogP contribution >= 0.6 is 0 Å². The lowest BCUT2D eigenvalue weighted by Gasteiger charge is -2.27. The molecule has 3 aromatic rings. The number of aliphatic hydroxyl groups is 1. The molecule has 0 radical (unpaired) electrons. The van der Waals surface area contributed by atoms with Crippen molar-refractivity contribution in [1.29, 1.82) is 0 Å². The molecule has 0 spiro atoms. The van der Waals surface area contributed by atoms with Crippen LogP contribution in [0, 0.1) is 20.8 Å². The van der Waals surface area contributed by atoms with E-state index in [1.807, 2.05) is 44.8 Å². The van der Waals surface area contributed by atoms with Gasteiger partial charge in [0.1, 0.15) is 6.61 Å². The molecule has 0 unspecified atom stereocenters. The number of ether oxygens (including phenoxy) is 2. The monoisotopic (exact) mass is 470 g/mol. The van der Waals surface area contributed by atoms with Gasteiger partial charge >= 0.3 is 0 Å². The van der Waals surface area contributed by atoms with E-state index in [2.05, 4.69) is 46.9 Å². The zero-order chi connectivity index (χ0) is 24.8. The Balaban J connectivity index is 1.76. The maximum absolute atomic E-state index is 9.50. The third kappa shape index (κ3) is 5.77. The zero-order valence-electron chi connectivity index (χ0n) is 21.5. The number of pyridine rings is 1. The first-order valence-corrected chi connectivity index (χ1v) is 11.9. The molecule has 0 atom stereocenters. The quantitative estimate of drug-likeness (QED) is 0.434. The second-order valence-electron chi connectivity index (χ2n) is 8.78. The molecule has 0 saturated heterocycles. The molecule has 186 valence electrons. The maximum atomic E-state index is 9.50. The summed E-state index contributed by atoms with van der Waals surface area (Å²) >= 11 is 0. The van der Waals surface area contributed by atoms with Gasteiger partial charge in [-0.15, -0.1) is 5.10 Å². The van der Waals surface area contributed by atoms with E-state index in [1.54, 1.807) is 4.68 Å². The van der Waals surface area contributed by atoms with Gasteiger partial charge in [-0.1, -0.05) is 0 Å². The fourth-order valence-corrected chi connectivity index (χ4v) is 4.06. The van der Waals surface area contributed by atoms with Crippen molar-refractivity contribution in [2.24, 2.45) is 7.05 Å². The molecule has 0 amide bonds. The van der Waals surface area contributed by atoms with E-state index in [-0.39, 0.29) is 6.61 Å². The molecule has 3 rings (SSSR count). The fourth-order valence-electron chi connectivity index (χ4n) is 4.06. The maximum Gasteiger partial charge on any atom is 0.236 e. The molecule has 3 aromatic heterocycles. The Kier molecular flexibility index (Phi) is 8.68. The predicted octanol–water partition coefficient (Wildman–Crippen LogP) is 3.28. The lowest BCUT2D eigenvalue weighted by molar-refractivity contribution is 0.158. The van der Waals surface area contributed by atoms with E-state index >= 15 is 0 Å². The second kappa shape index (κ2) is 11.5. The van der Waals surface area contributed by atoms with E-state index in [9.17, 15) is 5.11 Å². The molecule has 0 saturated carbocycles. The first-order valence-electron chi connectivity index (χ1n) is 11.9. The SMILES string of the molecule is CCOc1nn(CCO)c(CN(CCOc2c(-c3cc(C)ccn3)c(C)nn2C)C(C)C)c1C. The minimum absolute atomic E-state index is 0.0279. The Hall–Kier alpha value is -2.91. The van der Waals surface area contributed by atoms with Crippen molar-refractivity contribution in [3.8, 4) is 23.0 Å². The van der Waals surface area contributed by atoms with Crippen molar-refractivity contribution in [2.45, 2.75) is 60.7 Å². The number of aryl methyl sites for hydroxylation is 3. The molecular weight excluding hydrogens is 432 g/mol. The number of hydrogen-bond donors (Lipinski definition) is 1. The van der Waals surface area contributed by atoms with Crippen molar-refractivity contribution in [3.05, 3.63) is 40.8 Å². The molecule has 0 aliphatic rings. The van der Waals surface area contributed by atoms with Gasteiger partial charge in [-0.3, -0.25) is 14.6 Å². The van der Waals surface area contributed by atoms with Gasteiger partial charge in [0.25, 0.3) is 0 Å². The smallest absolute Gasteiger partial charge is 0.236 e. The highest BCUT2D eigenvalue weighted by Gasteiger charge is 2.21. The molecule has 0 fully saturated rings. The fraction of sp³-hybridized carbons (Fsp3) is 0.560. The van der Waals surface area contributed by atoms with Crippen molar-refractivity contribution in [1.82, 2.24) is 29.4 Å². The Bertz CT molecular complexity index is 1090. The standard InChI is InChI=1S/C25H38N6O3/c1-8-33-24-19(5)22(31(28-24)11-13-32)16-30(17(2)3)12-14-34-25-23(20(6)27-29(25)7)21-15-18(4)9-10-26-21/h9-10,15,17,32H,8,11-14,16H2,1-7H3. The van der Waals surface area contributed by atoms with Crippen LogP contribution in [-0.4, -0.2) is 67.0 Å². The Labute approximate surface area is 202 Å². The van der Waals surface area contributed by atoms with Gasteiger partial charge in [-0.25, -0.2) is 4.68 Å². The highest BCUT2D eigenvalue weighted by Crippen LogP contribution is 2.32. The van der Waals surface area contributed by atoms with E-state index in [0.29, 0.717) is 38.2 Å². The molecule has 9 nitrogen and oxygen atoms in total. The van der Waals surface area contributed by atoms with Gasteiger partial charge < -0.3 is 14.6 Å². The molecule has 0 aromatic carbocycles. The largest absolute Gasteiger partial charge is 0.477 e. The summed E-state index contributed by atoms with van der Waals surface area (Å²) in [7, 11) is 1.90. The van der Waals surface area contributed by atoms with Gasteiger partial charge in [0, 0.05) is 37.9 Å². The van der Waals surface area contributed by atoms with Gasteiger partial charge in [-0.05, 0) is 59.2 Å². The minimum atomic E-state index is 0.0279. The average Bonchev–Trinajstić information content (AvgIpc) is 3.23. The molecule has 34 heavy (non-hydrogen) atoms.